The summed E-state index contributed by atoms with van der Waals surface area (Å²) < 4.78 is 2.28. The fraction of sp³-hybridized carbons (Fsp3) is 0.286. The van der Waals surface area contributed by atoms with E-state index in [9.17, 15) is 4.79 Å². The van der Waals surface area contributed by atoms with Crippen LogP contribution in [0.3, 0.4) is 0 Å². The van der Waals surface area contributed by atoms with E-state index in [1.54, 1.807) is 11.3 Å². The zero-order chi connectivity index (χ0) is 12.5. The minimum atomic E-state index is 0. The van der Waals surface area contributed by atoms with Crippen molar-refractivity contribution in [3.63, 3.8) is 0 Å². The van der Waals surface area contributed by atoms with E-state index in [0.29, 0.717) is 6.54 Å². The summed E-state index contributed by atoms with van der Waals surface area (Å²) in [5, 5.41) is 3.35. The highest BCUT2D eigenvalue weighted by Gasteiger charge is 2.32. The van der Waals surface area contributed by atoms with E-state index in [1.165, 1.54) is 10.8 Å². The molecule has 0 N–H and O–H groups in total. The van der Waals surface area contributed by atoms with Crippen molar-refractivity contribution in [2.24, 2.45) is 0 Å². The van der Waals surface area contributed by atoms with E-state index >= 15 is 0 Å². The summed E-state index contributed by atoms with van der Waals surface area (Å²) in [5.74, 6) is 0.190. The number of rotatable bonds is 3. The number of carbonyl (C=O) groups excluding carboxylic acids is 1. The first-order chi connectivity index (χ1) is 8.75. The standard InChI is InChI=1S/C14H15N2OS.ClH/c1-11-10-18-14-15(7-8-16(11)14)9-13(17)12-5-3-2-4-6-12;/h2-6,10H,7-9H2,1H3;1H/q+1;/p-1. The second kappa shape index (κ2) is 5.72. The van der Waals surface area contributed by atoms with Crippen molar-refractivity contribution in [1.29, 1.82) is 0 Å². The van der Waals surface area contributed by atoms with Gasteiger partial charge in [-0.2, -0.15) is 0 Å². The number of nitrogens with zero attached hydrogens (tertiary/aromatic N) is 2. The second-order valence-corrected chi connectivity index (χ2v) is 5.36. The highest BCUT2D eigenvalue weighted by molar-refractivity contribution is 7.13. The summed E-state index contributed by atoms with van der Waals surface area (Å²) in [6, 6.07) is 9.51. The smallest absolute Gasteiger partial charge is 0.336 e. The van der Waals surface area contributed by atoms with Gasteiger partial charge < -0.3 is 12.4 Å². The number of thiazole rings is 1. The molecule has 0 atom stereocenters. The summed E-state index contributed by atoms with van der Waals surface area (Å²) in [6.07, 6.45) is 0. The molecule has 0 aliphatic carbocycles. The molecule has 19 heavy (non-hydrogen) atoms. The molecule has 2 aromatic rings. The molecule has 1 aromatic heterocycles. The summed E-state index contributed by atoms with van der Waals surface area (Å²) in [6.45, 7) is 4.52. The molecule has 0 fully saturated rings. The highest BCUT2D eigenvalue weighted by Crippen LogP contribution is 2.22. The molecule has 0 spiro atoms. The number of hydrogen-bond donors (Lipinski definition) is 0. The Morgan fingerprint density at radius 2 is 2.11 bits per heavy atom. The fourth-order valence-electron chi connectivity index (χ4n) is 2.29. The van der Waals surface area contributed by atoms with Gasteiger partial charge in [-0.1, -0.05) is 41.7 Å². The van der Waals surface area contributed by atoms with Crippen LogP contribution in [-0.4, -0.2) is 18.9 Å². The normalized spacial score (nSPS) is 13.0. The average molecular weight is 295 g/mol. The molecule has 1 aliphatic heterocycles. The highest BCUT2D eigenvalue weighted by atomic mass is 35.5. The molecule has 3 nitrogen and oxygen atoms in total. The minimum absolute atomic E-state index is 0. The first-order valence-corrected chi connectivity index (χ1v) is 6.95. The van der Waals surface area contributed by atoms with Crippen LogP contribution in [0, 0.1) is 6.92 Å². The molecule has 100 valence electrons. The number of hydrogen-bond acceptors (Lipinski definition) is 3. The topological polar surface area (TPSA) is 24.2 Å². The van der Waals surface area contributed by atoms with Crippen LogP contribution in [0.4, 0.5) is 5.13 Å². The lowest BCUT2D eigenvalue weighted by molar-refractivity contribution is -0.673. The lowest BCUT2D eigenvalue weighted by atomic mass is 10.1. The largest absolute Gasteiger partial charge is 1.00 e. The van der Waals surface area contributed by atoms with Gasteiger partial charge in [0.05, 0.1) is 0 Å². The van der Waals surface area contributed by atoms with Crippen LogP contribution in [-0.2, 0) is 6.54 Å². The summed E-state index contributed by atoms with van der Waals surface area (Å²) in [5.41, 5.74) is 2.08. The Bertz CT molecular complexity index is 582. The predicted molar refractivity (Wildman–Crippen MR) is 72.2 cm³/mol. The summed E-state index contributed by atoms with van der Waals surface area (Å²) in [7, 11) is 0. The van der Waals surface area contributed by atoms with E-state index < -0.39 is 0 Å². The molecule has 1 aliphatic rings. The van der Waals surface area contributed by atoms with Crippen molar-refractivity contribution in [3.05, 3.63) is 47.0 Å². The fourth-order valence-corrected chi connectivity index (χ4v) is 3.36. The summed E-state index contributed by atoms with van der Waals surface area (Å²) >= 11 is 1.72. The Labute approximate surface area is 122 Å². The van der Waals surface area contributed by atoms with E-state index in [0.717, 1.165) is 18.7 Å². The third-order valence-corrected chi connectivity index (χ3v) is 4.43. The Morgan fingerprint density at radius 1 is 1.37 bits per heavy atom. The number of benzene rings is 1. The second-order valence-electron chi connectivity index (χ2n) is 4.52. The number of halogens is 1. The zero-order valence-corrected chi connectivity index (χ0v) is 12.2. The molecule has 2 heterocycles. The maximum absolute atomic E-state index is 12.2. The van der Waals surface area contributed by atoms with Gasteiger partial charge in [-0.05, 0) is 6.92 Å². The predicted octanol–water partition coefficient (Wildman–Crippen LogP) is -0.949. The quantitative estimate of drug-likeness (QED) is 0.539. The van der Waals surface area contributed by atoms with Crippen LogP contribution in [0.15, 0.2) is 35.7 Å². The molecular weight excluding hydrogens is 280 g/mol. The van der Waals surface area contributed by atoms with Gasteiger partial charge in [0.25, 0.3) is 0 Å². The molecule has 0 amide bonds. The van der Waals surface area contributed by atoms with E-state index in [1.807, 2.05) is 30.3 Å². The number of ketones is 1. The molecule has 0 radical (unpaired) electrons. The Balaban J connectivity index is 0.00000133. The number of aryl methyl sites for hydroxylation is 1. The van der Waals surface area contributed by atoms with Crippen molar-refractivity contribution < 1.29 is 21.8 Å². The number of carbonyl (C=O) groups is 1. The molecule has 5 heteroatoms. The monoisotopic (exact) mass is 294 g/mol. The lowest BCUT2D eigenvalue weighted by Gasteiger charge is -2.07. The van der Waals surface area contributed by atoms with Crippen molar-refractivity contribution in [3.8, 4) is 0 Å². The first-order valence-electron chi connectivity index (χ1n) is 6.07. The minimum Gasteiger partial charge on any atom is -1.00 e. The number of Topliss-reactive ketones (excluding diaryl/α,β-unsaturated/α-hetero) is 1. The third kappa shape index (κ3) is 2.65. The van der Waals surface area contributed by atoms with Gasteiger partial charge in [0.2, 0.25) is 5.78 Å². The van der Waals surface area contributed by atoms with Crippen LogP contribution in [0.1, 0.15) is 16.1 Å². The zero-order valence-electron chi connectivity index (χ0n) is 10.7. The average Bonchev–Trinajstić information content (AvgIpc) is 2.95. The van der Waals surface area contributed by atoms with E-state index in [2.05, 4.69) is 21.8 Å². The summed E-state index contributed by atoms with van der Waals surface area (Å²) in [4.78, 5) is 14.3. The van der Waals surface area contributed by atoms with Gasteiger partial charge >= 0.3 is 5.13 Å². The third-order valence-electron chi connectivity index (χ3n) is 3.29. The van der Waals surface area contributed by atoms with Crippen molar-refractivity contribution in [1.82, 2.24) is 0 Å². The van der Waals surface area contributed by atoms with Crippen LogP contribution >= 0.6 is 11.3 Å². The Morgan fingerprint density at radius 3 is 2.84 bits per heavy atom. The van der Waals surface area contributed by atoms with E-state index in [-0.39, 0.29) is 18.2 Å². The first kappa shape index (κ1) is 14.0. The molecule has 0 saturated carbocycles. The van der Waals surface area contributed by atoms with Crippen LogP contribution in [0.2, 0.25) is 0 Å². The molecular formula is C14H15ClN2OS. The van der Waals surface area contributed by atoms with E-state index in [4.69, 9.17) is 0 Å². The van der Waals surface area contributed by atoms with Gasteiger partial charge in [0, 0.05) is 10.9 Å². The SMILES string of the molecule is Cc1csc2[n+]1CCN2CC(=O)c1ccccc1.[Cl-]. The van der Waals surface area contributed by atoms with Crippen molar-refractivity contribution in [2.75, 3.05) is 18.0 Å². The lowest BCUT2D eigenvalue weighted by Crippen LogP contribution is -3.00. The van der Waals surface area contributed by atoms with Crippen molar-refractivity contribution in [2.45, 2.75) is 13.5 Å². The van der Waals surface area contributed by atoms with Crippen LogP contribution < -0.4 is 21.9 Å². The number of aromatic nitrogens is 1. The Hall–Kier alpha value is -1.39. The van der Waals surface area contributed by atoms with Crippen LogP contribution in [0.5, 0.6) is 0 Å². The van der Waals surface area contributed by atoms with Crippen LogP contribution in [0.25, 0.3) is 0 Å². The van der Waals surface area contributed by atoms with Gasteiger partial charge in [-0.25, -0.2) is 9.47 Å². The molecule has 1 aromatic carbocycles. The molecule has 0 unspecified atom stereocenters. The van der Waals surface area contributed by atoms with Gasteiger partial charge in [0.15, 0.2) is 0 Å². The van der Waals surface area contributed by atoms with Gasteiger partial charge in [0.1, 0.15) is 25.3 Å². The maximum atomic E-state index is 12.2. The Kier molecular flexibility index (Phi) is 4.22. The molecule has 3 rings (SSSR count). The number of fused-ring (bicyclic) bond motifs is 1. The molecule has 0 saturated heterocycles. The maximum Gasteiger partial charge on any atom is 0.336 e. The number of anilines is 1. The van der Waals surface area contributed by atoms with Gasteiger partial charge in [-0.3, -0.25) is 4.79 Å². The molecule has 0 bridgehead atoms. The van der Waals surface area contributed by atoms with Gasteiger partial charge in [-0.15, -0.1) is 0 Å². The van der Waals surface area contributed by atoms with Crippen molar-refractivity contribution >= 4 is 22.3 Å².